The largest absolute Gasteiger partial charge is 0.481 e. The van der Waals surface area contributed by atoms with E-state index in [0.717, 1.165) is 16.5 Å². The number of benzene rings is 1. The molecule has 0 radical (unpaired) electrons. The van der Waals surface area contributed by atoms with Gasteiger partial charge in [0, 0.05) is 11.8 Å². The van der Waals surface area contributed by atoms with Crippen molar-refractivity contribution in [2.24, 2.45) is 5.92 Å². The zero-order chi connectivity index (χ0) is 11.7. The van der Waals surface area contributed by atoms with Gasteiger partial charge in [-0.2, -0.15) is 0 Å². The SMILES string of the molecule is Cc1ccc2c(CC(C)C(=O)O)onc2c1. The summed E-state index contributed by atoms with van der Waals surface area (Å²) in [6, 6.07) is 5.81. The van der Waals surface area contributed by atoms with E-state index in [0.29, 0.717) is 12.2 Å². The molecule has 1 N–H and O–H groups in total. The number of aliphatic carboxylic acids is 1. The Bertz CT molecular complexity index is 530. The molecular weight excluding hydrogens is 206 g/mol. The summed E-state index contributed by atoms with van der Waals surface area (Å²) in [5.74, 6) is -0.640. The van der Waals surface area contributed by atoms with E-state index < -0.39 is 11.9 Å². The second kappa shape index (κ2) is 3.96. The fourth-order valence-corrected chi connectivity index (χ4v) is 1.62. The van der Waals surface area contributed by atoms with Crippen LogP contribution in [0.5, 0.6) is 0 Å². The molecule has 0 amide bonds. The van der Waals surface area contributed by atoms with Crippen molar-refractivity contribution < 1.29 is 14.4 Å². The molecule has 2 rings (SSSR count). The van der Waals surface area contributed by atoms with Crippen molar-refractivity contribution in [1.29, 1.82) is 0 Å². The lowest BCUT2D eigenvalue weighted by molar-refractivity contribution is -0.141. The maximum absolute atomic E-state index is 10.8. The molecular formula is C12H13NO3. The van der Waals surface area contributed by atoms with Gasteiger partial charge in [0.1, 0.15) is 11.3 Å². The third-order valence-electron chi connectivity index (χ3n) is 2.62. The Hall–Kier alpha value is -1.84. The van der Waals surface area contributed by atoms with E-state index in [1.807, 2.05) is 25.1 Å². The minimum absolute atomic E-state index is 0.370. The molecule has 2 aromatic rings. The first-order valence-electron chi connectivity index (χ1n) is 5.15. The molecule has 0 bridgehead atoms. The number of aryl methyl sites for hydroxylation is 1. The highest BCUT2D eigenvalue weighted by Gasteiger charge is 2.17. The van der Waals surface area contributed by atoms with Gasteiger partial charge in [-0.1, -0.05) is 18.1 Å². The number of fused-ring (bicyclic) bond motifs is 1. The Kier molecular flexibility index (Phi) is 2.64. The fraction of sp³-hybridized carbons (Fsp3) is 0.333. The number of aromatic nitrogens is 1. The highest BCUT2D eigenvalue weighted by Crippen LogP contribution is 2.22. The van der Waals surface area contributed by atoms with Gasteiger partial charge in [0.05, 0.1) is 5.92 Å². The van der Waals surface area contributed by atoms with Gasteiger partial charge >= 0.3 is 5.97 Å². The van der Waals surface area contributed by atoms with Gasteiger partial charge in [0.15, 0.2) is 0 Å². The van der Waals surface area contributed by atoms with E-state index in [-0.39, 0.29) is 0 Å². The molecule has 1 unspecified atom stereocenters. The quantitative estimate of drug-likeness (QED) is 0.860. The van der Waals surface area contributed by atoms with E-state index in [9.17, 15) is 4.79 Å². The van der Waals surface area contributed by atoms with Crippen molar-refractivity contribution in [1.82, 2.24) is 5.16 Å². The van der Waals surface area contributed by atoms with Crippen LogP contribution in [0.4, 0.5) is 0 Å². The predicted molar refractivity (Wildman–Crippen MR) is 59.2 cm³/mol. The first kappa shape index (κ1) is 10.7. The van der Waals surface area contributed by atoms with Gasteiger partial charge in [-0.15, -0.1) is 0 Å². The number of nitrogens with zero attached hydrogens (tertiary/aromatic N) is 1. The molecule has 4 nitrogen and oxygen atoms in total. The van der Waals surface area contributed by atoms with Crippen LogP contribution in [0.15, 0.2) is 22.7 Å². The maximum atomic E-state index is 10.8. The summed E-state index contributed by atoms with van der Waals surface area (Å²) in [6.45, 7) is 3.64. The van der Waals surface area contributed by atoms with Crippen molar-refractivity contribution in [2.45, 2.75) is 20.3 Å². The topological polar surface area (TPSA) is 63.3 Å². The molecule has 0 saturated heterocycles. The molecule has 0 saturated carbocycles. The predicted octanol–water partition coefficient (Wildman–Crippen LogP) is 2.40. The third-order valence-corrected chi connectivity index (χ3v) is 2.62. The molecule has 16 heavy (non-hydrogen) atoms. The average Bonchev–Trinajstić information content (AvgIpc) is 2.60. The first-order valence-corrected chi connectivity index (χ1v) is 5.15. The lowest BCUT2D eigenvalue weighted by atomic mass is 10.0. The summed E-state index contributed by atoms with van der Waals surface area (Å²) in [5.41, 5.74) is 1.89. The second-order valence-electron chi connectivity index (χ2n) is 4.07. The van der Waals surface area contributed by atoms with Gasteiger partial charge in [-0.05, 0) is 24.6 Å². The maximum Gasteiger partial charge on any atom is 0.306 e. The molecule has 1 atom stereocenters. The zero-order valence-electron chi connectivity index (χ0n) is 9.23. The molecule has 0 aliphatic carbocycles. The number of carboxylic acid groups (broad SMARTS) is 1. The van der Waals surface area contributed by atoms with E-state index in [2.05, 4.69) is 5.16 Å². The second-order valence-corrected chi connectivity index (χ2v) is 4.07. The van der Waals surface area contributed by atoms with E-state index >= 15 is 0 Å². The molecule has 1 heterocycles. The van der Waals surface area contributed by atoms with Crippen LogP contribution in [0.25, 0.3) is 10.9 Å². The van der Waals surface area contributed by atoms with E-state index in [1.54, 1.807) is 6.92 Å². The van der Waals surface area contributed by atoms with Crippen LogP contribution in [-0.2, 0) is 11.2 Å². The molecule has 0 fully saturated rings. The number of hydrogen-bond acceptors (Lipinski definition) is 3. The van der Waals surface area contributed by atoms with Gasteiger partial charge in [0.2, 0.25) is 0 Å². The smallest absolute Gasteiger partial charge is 0.306 e. The third kappa shape index (κ3) is 1.91. The molecule has 0 aliphatic heterocycles. The van der Waals surface area contributed by atoms with E-state index in [4.69, 9.17) is 9.63 Å². The zero-order valence-corrected chi connectivity index (χ0v) is 9.23. The monoisotopic (exact) mass is 219 g/mol. The Morgan fingerprint density at radius 2 is 2.31 bits per heavy atom. The van der Waals surface area contributed by atoms with Crippen LogP contribution in [-0.4, -0.2) is 16.2 Å². The minimum atomic E-state index is -0.823. The first-order chi connectivity index (χ1) is 7.58. The Balaban J connectivity index is 2.35. The van der Waals surface area contributed by atoms with Crippen molar-refractivity contribution in [3.05, 3.63) is 29.5 Å². The molecule has 1 aromatic heterocycles. The number of carbonyl (C=O) groups is 1. The summed E-state index contributed by atoms with van der Waals surface area (Å²) < 4.78 is 5.18. The van der Waals surface area contributed by atoms with Crippen LogP contribution in [0, 0.1) is 12.8 Å². The lowest BCUT2D eigenvalue weighted by Gasteiger charge is -2.02. The van der Waals surface area contributed by atoms with Crippen LogP contribution in [0.1, 0.15) is 18.2 Å². The summed E-state index contributed by atoms with van der Waals surface area (Å²) in [7, 11) is 0. The number of rotatable bonds is 3. The lowest BCUT2D eigenvalue weighted by Crippen LogP contribution is -2.11. The highest BCUT2D eigenvalue weighted by atomic mass is 16.5. The fourth-order valence-electron chi connectivity index (χ4n) is 1.62. The molecule has 4 heteroatoms. The Labute approximate surface area is 92.9 Å². The minimum Gasteiger partial charge on any atom is -0.481 e. The Morgan fingerprint density at radius 3 is 3.00 bits per heavy atom. The molecule has 84 valence electrons. The standard InChI is InChI=1S/C12H13NO3/c1-7-3-4-9-10(5-7)13-16-11(9)6-8(2)12(14)15/h3-5,8H,6H2,1-2H3,(H,14,15). The van der Waals surface area contributed by atoms with Crippen LogP contribution < -0.4 is 0 Å². The highest BCUT2D eigenvalue weighted by molar-refractivity contribution is 5.81. The van der Waals surface area contributed by atoms with Gasteiger partial charge in [0.25, 0.3) is 0 Å². The molecule has 0 spiro atoms. The summed E-state index contributed by atoms with van der Waals surface area (Å²) >= 11 is 0. The summed E-state index contributed by atoms with van der Waals surface area (Å²) in [6.07, 6.45) is 0.370. The molecule has 1 aromatic carbocycles. The van der Waals surface area contributed by atoms with Crippen molar-refractivity contribution in [2.75, 3.05) is 0 Å². The number of hydrogen-bond donors (Lipinski definition) is 1. The Morgan fingerprint density at radius 1 is 1.56 bits per heavy atom. The summed E-state index contributed by atoms with van der Waals surface area (Å²) in [4.78, 5) is 10.8. The average molecular weight is 219 g/mol. The van der Waals surface area contributed by atoms with Gasteiger partial charge < -0.3 is 9.63 Å². The van der Waals surface area contributed by atoms with Crippen molar-refractivity contribution >= 4 is 16.9 Å². The number of carboxylic acids is 1. The van der Waals surface area contributed by atoms with Gasteiger partial charge in [-0.3, -0.25) is 4.79 Å². The normalized spacial score (nSPS) is 12.9. The van der Waals surface area contributed by atoms with E-state index in [1.165, 1.54) is 0 Å². The van der Waals surface area contributed by atoms with Crippen molar-refractivity contribution in [3.8, 4) is 0 Å². The van der Waals surface area contributed by atoms with Crippen LogP contribution in [0.2, 0.25) is 0 Å². The van der Waals surface area contributed by atoms with Crippen LogP contribution in [0.3, 0.4) is 0 Å². The molecule has 0 aliphatic rings. The van der Waals surface area contributed by atoms with Crippen LogP contribution >= 0.6 is 0 Å². The van der Waals surface area contributed by atoms with Gasteiger partial charge in [-0.25, -0.2) is 0 Å². The summed E-state index contributed by atoms with van der Waals surface area (Å²) in [5, 5.41) is 13.7. The van der Waals surface area contributed by atoms with Crippen molar-refractivity contribution in [3.63, 3.8) is 0 Å².